The molecule has 4 aromatic rings. The molecule has 4 rings (SSSR count). The van der Waals surface area contributed by atoms with E-state index in [-0.39, 0.29) is 0 Å². The van der Waals surface area contributed by atoms with Crippen molar-refractivity contribution in [2.75, 3.05) is 11.5 Å². The van der Waals surface area contributed by atoms with Crippen molar-refractivity contribution in [2.24, 2.45) is 0 Å². The van der Waals surface area contributed by atoms with Crippen LogP contribution < -0.4 is 11.5 Å². The van der Waals surface area contributed by atoms with Gasteiger partial charge in [0.2, 0.25) is 0 Å². The van der Waals surface area contributed by atoms with Gasteiger partial charge in [0.05, 0.1) is 0 Å². The average molecular weight is 350 g/mol. The molecule has 0 atom stereocenters. The van der Waals surface area contributed by atoms with Gasteiger partial charge in [-0.25, -0.2) is 0 Å². The molecule has 0 aromatic heterocycles. The molecule has 0 saturated heterocycles. The lowest BCUT2D eigenvalue weighted by atomic mass is 9.84. The van der Waals surface area contributed by atoms with Gasteiger partial charge < -0.3 is 11.5 Å². The smallest absolute Gasteiger partial charge is 0.0356 e. The molecule has 2 nitrogen and oxygen atoms in total. The van der Waals surface area contributed by atoms with E-state index >= 15 is 0 Å². The predicted molar refractivity (Wildman–Crippen MR) is 116 cm³/mol. The van der Waals surface area contributed by atoms with Crippen LogP contribution in [0.4, 0.5) is 11.4 Å². The van der Waals surface area contributed by atoms with E-state index in [0.717, 1.165) is 39.2 Å². The summed E-state index contributed by atoms with van der Waals surface area (Å²) < 4.78 is 0. The fraction of sp³-hybridized carbons (Fsp3) is 0.0400. The lowest BCUT2D eigenvalue weighted by molar-refractivity contribution is 1.44. The zero-order valence-corrected chi connectivity index (χ0v) is 15.3. The highest BCUT2D eigenvalue weighted by molar-refractivity contribution is 5.98. The molecule has 0 radical (unpaired) electrons. The Morgan fingerprint density at radius 1 is 0.556 bits per heavy atom. The minimum absolute atomic E-state index is 0.758. The molecular weight excluding hydrogens is 328 g/mol. The largest absolute Gasteiger partial charge is 0.399 e. The Labute approximate surface area is 160 Å². The molecule has 27 heavy (non-hydrogen) atoms. The van der Waals surface area contributed by atoms with E-state index in [9.17, 15) is 0 Å². The minimum Gasteiger partial charge on any atom is -0.399 e. The van der Waals surface area contributed by atoms with E-state index < -0.39 is 0 Å². The van der Waals surface area contributed by atoms with Gasteiger partial charge in [-0.3, -0.25) is 0 Å². The summed E-state index contributed by atoms with van der Waals surface area (Å²) in [4.78, 5) is 0. The quantitative estimate of drug-likeness (QED) is 0.435. The lowest BCUT2D eigenvalue weighted by Crippen LogP contribution is -1.99. The molecule has 0 fully saturated rings. The van der Waals surface area contributed by atoms with E-state index in [2.05, 4.69) is 73.7 Å². The van der Waals surface area contributed by atoms with E-state index in [0.29, 0.717) is 0 Å². The molecule has 0 unspecified atom stereocenters. The van der Waals surface area contributed by atoms with Gasteiger partial charge in [0.25, 0.3) is 0 Å². The molecule has 0 aliphatic heterocycles. The Hall–Kier alpha value is -3.52. The van der Waals surface area contributed by atoms with Gasteiger partial charge in [-0.1, -0.05) is 72.8 Å². The first-order valence-corrected chi connectivity index (χ1v) is 9.05. The van der Waals surface area contributed by atoms with Gasteiger partial charge in [-0.05, 0) is 64.1 Å². The minimum atomic E-state index is 0.758. The van der Waals surface area contributed by atoms with Crippen LogP contribution in [0.1, 0.15) is 5.56 Å². The second-order valence-electron chi connectivity index (χ2n) is 6.74. The topological polar surface area (TPSA) is 52.0 Å². The first kappa shape index (κ1) is 16.9. The first-order chi connectivity index (χ1) is 13.1. The molecular formula is C25H22N2. The normalized spacial score (nSPS) is 10.7. The second-order valence-corrected chi connectivity index (χ2v) is 6.74. The number of nitrogen functional groups attached to an aromatic ring is 2. The van der Waals surface area contributed by atoms with Gasteiger partial charge >= 0.3 is 0 Å². The summed E-state index contributed by atoms with van der Waals surface area (Å²) >= 11 is 0. The molecule has 4 N–H and O–H groups in total. The van der Waals surface area contributed by atoms with Crippen LogP contribution in [0.2, 0.25) is 0 Å². The van der Waals surface area contributed by atoms with E-state index in [4.69, 9.17) is 11.5 Å². The highest BCUT2D eigenvalue weighted by Gasteiger charge is 2.18. The zero-order valence-electron chi connectivity index (χ0n) is 15.3. The molecule has 0 aliphatic rings. The van der Waals surface area contributed by atoms with E-state index in [1.54, 1.807) is 0 Å². The maximum absolute atomic E-state index is 6.45. The first-order valence-electron chi connectivity index (χ1n) is 9.05. The van der Waals surface area contributed by atoms with Gasteiger partial charge in [0.15, 0.2) is 0 Å². The van der Waals surface area contributed by atoms with E-state index in [1.165, 1.54) is 11.1 Å². The van der Waals surface area contributed by atoms with Gasteiger partial charge in [0, 0.05) is 11.4 Å². The average Bonchev–Trinajstić information content (AvgIpc) is 2.71. The molecule has 0 bridgehead atoms. The fourth-order valence-electron chi connectivity index (χ4n) is 3.56. The Kier molecular flexibility index (Phi) is 4.39. The van der Waals surface area contributed by atoms with Crippen molar-refractivity contribution in [1.29, 1.82) is 0 Å². The fourth-order valence-corrected chi connectivity index (χ4v) is 3.56. The second kappa shape index (κ2) is 7.00. The van der Waals surface area contributed by atoms with Crippen LogP contribution in [0.5, 0.6) is 0 Å². The van der Waals surface area contributed by atoms with Crippen molar-refractivity contribution in [3.8, 4) is 33.4 Å². The van der Waals surface area contributed by atoms with Crippen LogP contribution in [0.15, 0.2) is 91.0 Å². The maximum atomic E-state index is 6.45. The molecule has 132 valence electrons. The Morgan fingerprint density at radius 3 is 1.67 bits per heavy atom. The van der Waals surface area contributed by atoms with Crippen LogP contribution in [0.25, 0.3) is 33.4 Å². The number of nitrogens with two attached hydrogens (primary N) is 2. The van der Waals surface area contributed by atoms with Crippen molar-refractivity contribution in [2.45, 2.75) is 6.92 Å². The van der Waals surface area contributed by atoms with Gasteiger partial charge in [-0.2, -0.15) is 0 Å². The van der Waals surface area contributed by atoms with Crippen molar-refractivity contribution >= 4 is 11.4 Å². The Balaban J connectivity index is 2.11. The van der Waals surface area contributed by atoms with Crippen molar-refractivity contribution in [3.05, 3.63) is 96.6 Å². The van der Waals surface area contributed by atoms with Gasteiger partial charge in [-0.15, -0.1) is 0 Å². The van der Waals surface area contributed by atoms with Crippen LogP contribution in [0, 0.1) is 6.92 Å². The number of hydrogen-bond acceptors (Lipinski definition) is 2. The Bertz CT molecular complexity index is 1070. The van der Waals surface area contributed by atoms with Gasteiger partial charge in [0.1, 0.15) is 0 Å². The lowest BCUT2D eigenvalue weighted by Gasteiger charge is -2.20. The summed E-state index contributed by atoms with van der Waals surface area (Å²) in [5.74, 6) is 0. The summed E-state index contributed by atoms with van der Waals surface area (Å²) in [5, 5.41) is 0. The van der Waals surface area contributed by atoms with Crippen molar-refractivity contribution < 1.29 is 0 Å². The summed E-state index contributed by atoms with van der Waals surface area (Å²) in [6.45, 7) is 2.09. The third-order valence-electron chi connectivity index (χ3n) is 4.97. The number of benzene rings is 4. The van der Waals surface area contributed by atoms with Crippen molar-refractivity contribution in [1.82, 2.24) is 0 Å². The monoisotopic (exact) mass is 350 g/mol. The number of anilines is 2. The highest BCUT2D eigenvalue weighted by Crippen LogP contribution is 2.44. The van der Waals surface area contributed by atoms with Crippen molar-refractivity contribution in [3.63, 3.8) is 0 Å². The molecule has 0 saturated carbocycles. The van der Waals surface area contributed by atoms with Crippen LogP contribution in [-0.2, 0) is 0 Å². The van der Waals surface area contributed by atoms with Crippen LogP contribution in [-0.4, -0.2) is 0 Å². The summed E-state index contributed by atoms with van der Waals surface area (Å²) in [6.07, 6.45) is 0. The molecule has 4 aromatic carbocycles. The highest BCUT2D eigenvalue weighted by atomic mass is 14.6. The molecule has 0 amide bonds. The maximum Gasteiger partial charge on any atom is 0.0356 e. The summed E-state index contributed by atoms with van der Waals surface area (Å²) in [7, 11) is 0. The third kappa shape index (κ3) is 3.18. The molecule has 0 aliphatic carbocycles. The number of hydrogen-bond donors (Lipinski definition) is 2. The van der Waals surface area contributed by atoms with Crippen LogP contribution in [0.3, 0.4) is 0 Å². The third-order valence-corrected chi connectivity index (χ3v) is 4.97. The predicted octanol–water partition coefficient (Wildman–Crippen LogP) is 6.16. The van der Waals surface area contributed by atoms with Crippen LogP contribution >= 0.6 is 0 Å². The molecule has 0 spiro atoms. The Morgan fingerprint density at radius 2 is 1.07 bits per heavy atom. The SMILES string of the molecule is Cc1c(N)cc(-c2ccccc2)c(-c2ccc(N)cc2)c1-c1ccccc1. The molecule has 2 heteroatoms. The molecule has 0 heterocycles. The number of rotatable bonds is 3. The summed E-state index contributed by atoms with van der Waals surface area (Å²) in [5.41, 5.74) is 21.9. The summed E-state index contributed by atoms with van der Waals surface area (Å²) in [6, 6.07) is 31.0. The van der Waals surface area contributed by atoms with E-state index in [1.807, 2.05) is 24.3 Å². The standard InChI is InChI=1S/C25H22N2/c1-17-23(27)16-22(18-8-4-2-5-9-18)25(20-12-14-21(26)15-13-20)24(17)19-10-6-3-7-11-19/h2-16H,26-27H2,1H3. The zero-order chi connectivity index (χ0) is 18.8.